The maximum Gasteiger partial charge on any atom is 0.243 e. The second-order valence-corrected chi connectivity index (χ2v) is 7.35. The summed E-state index contributed by atoms with van der Waals surface area (Å²) in [7, 11) is 0. The molecule has 1 amide bonds. The predicted octanol–water partition coefficient (Wildman–Crippen LogP) is 3.48. The zero-order chi connectivity index (χ0) is 17.2. The van der Waals surface area contributed by atoms with Gasteiger partial charge in [-0.3, -0.25) is 4.79 Å². The number of hydrogen-bond donors (Lipinski definition) is 1. The van der Waals surface area contributed by atoms with E-state index in [-0.39, 0.29) is 11.9 Å². The molecular formula is C20H27N3O. The van der Waals surface area contributed by atoms with Crippen LogP contribution >= 0.6 is 0 Å². The number of anilines is 1. The second-order valence-electron chi connectivity index (χ2n) is 7.35. The molecule has 1 aliphatic heterocycles. The van der Waals surface area contributed by atoms with Gasteiger partial charge in [-0.15, -0.1) is 0 Å². The van der Waals surface area contributed by atoms with Crippen molar-refractivity contribution in [1.82, 2.24) is 5.32 Å². The van der Waals surface area contributed by atoms with Crippen molar-refractivity contribution in [2.45, 2.75) is 70.4 Å². The lowest BCUT2D eigenvalue weighted by Crippen LogP contribution is -2.55. The van der Waals surface area contributed by atoms with Crippen LogP contribution in [-0.2, 0) is 11.2 Å². The largest absolute Gasteiger partial charge is 0.360 e. The Kier molecular flexibility index (Phi) is 4.80. The molecule has 128 valence electrons. The van der Waals surface area contributed by atoms with Crippen LogP contribution in [0.3, 0.4) is 0 Å². The smallest absolute Gasteiger partial charge is 0.243 e. The minimum Gasteiger partial charge on any atom is -0.360 e. The number of carbonyl (C=O) groups excluding carboxylic acids is 1. The predicted molar refractivity (Wildman–Crippen MR) is 95.9 cm³/mol. The Morgan fingerprint density at radius 3 is 2.75 bits per heavy atom. The fourth-order valence-electron chi connectivity index (χ4n) is 4.06. The van der Waals surface area contributed by atoms with Gasteiger partial charge in [-0.1, -0.05) is 37.0 Å². The fourth-order valence-corrected chi connectivity index (χ4v) is 4.06. The van der Waals surface area contributed by atoms with Crippen molar-refractivity contribution in [1.29, 1.82) is 5.26 Å². The van der Waals surface area contributed by atoms with Gasteiger partial charge in [-0.2, -0.15) is 5.26 Å². The van der Waals surface area contributed by atoms with Crippen molar-refractivity contribution in [2.75, 3.05) is 11.4 Å². The number of amides is 1. The van der Waals surface area contributed by atoms with E-state index in [2.05, 4.69) is 41.4 Å². The summed E-state index contributed by atoms with van der Waals surface area (Å²) in [5.41, 5.74) is 3.10. The summed E-state index contributed by atoms with van der Waals surface area (Å²) < 4.78 is 0. The van der Waals surface area contributed by atoms with Crippen LogP contribution in [0.15, 0.2) is 18.2 Å². The maximum absolute atomic E-state index is 12.8. The number of fused-ring (bicyclic) bond motifs is 1. The molecule has 1 aromatic carbocycles. The number of nitrogens with zero attached hydrogens (tertiary/aromatic N) is 2. The van der Waals surface area contributed by atoms with Crippen LogP contribution in [0.2, 0.25) is 0 Å². The highest BCUT2D eigenvalue weighted by Crippen LogP contribution is 2.31. The summed E-state index contributed by atoms with van der Waals surface area (Å²) in [6.07, 6.45) is 6.90. The minimum atomic E-state index is -0.657. The lowest BCUT2D eigenvalue weighted by Gasteiger charge is -2.38. The molecule has 4 heteroatoms. The van der Waals surface area contributed by atoms with Gasteiger partial charge in [0, 0.05) is 12.2 Å². The Labute approximate surface area is 144 Å². The summed E-state index contributed by atoms with van der Waals surface area (Å²) in [6.45, 7) is 4.96. The van der Waals surface area contributed by atoms with Crippen LogP contribution < -0.4 is 10.2 Å². The van der Waals surface area contributed by atoms with Gasteiger partial charge in [-0.25, -0.2) is 0 Å². The van der Waals surface area contributed by atoms with Crippen LogP contribution in [0.5, 0.6) is 0 Å². The average Bonchev–Trinajstić information content (AvgIpc) is 2.61. The summed E-state index contributed by atoms with van der Waals surface area (Å²) >= 11 is 0. The molecular weight excluding hydrogens is 298 g/mol. The molecule has 1 fully saturated rings. The summed E-state index contributed by atoms with van der Waals surface area (Å²) in [5.74, 6) is -0.0214. The van der Waals surface area contributed by atoms with Gasteiger partial charge in [0.25, 0.3) is 0 Å². The Bertz CT molecular complexity index is 655. The van der Waals surface area contributed by atoms with Crippen molar-refractivity contribution < 1.29 is 4.79 Å². The molecule has 3 rings (SSSR count). The Morgan fingerprint density at radius 2 is 2.04 bits per heavy atom. The molecule has 1 atom stereocenters. The van der Waals surface area contributed by atoms with E-state index in [0.717, 1.165) is 51.5 Å². The molecule has 0 aromatic heterocycles. The Morgan fingerprint density at radius 1 is 1.29 bits per heavy atom. The van der Waals surface area contributed by atoms with E-state index in [9.17, 15) is 10.1 Å². The first-order chi connectivity index (χ1) is 11.5. The van der Waals surface area contributed by atoms with E-state index < -0.39 is 5.54 Å². The molecule has 1 N–H and O–H groups in total. The van der Waals surface area contributed by atoms with E-state index >= 15 is 0 Å². The van der Waals surface area contributed by atoms with Gasteiger partial charge in [0.05, 0.1) is 6.07 Å². The zero-order valence-electron chi connectivity index (χ0n) is 14.8. The molecule has 0 spiro atoms. The van der Waals surface area contributed by atoms with Crippen molar-refractivity contribution in [3.8, 4) is 6.07 Å². The van der Waals surface area contributed by atoms with E-state index in [1.54, 1.807) is 0 Å². The first-order valence-corrected chi connectivity index (χ1v) is 9.14. The Hall–Kier alpha value is -2.02. The highest BCUT2D eigenvalue weighted by Gasteiger charge is 2.36. The molecule has 0 radical (unpaired) electrons. The Balaban J connectivity index is 1.76. The van der Waals surface area contributed by atoms with Gasteiger partial charge in [0.15, 0.2) is 0 Å². The molecule has 0 saturated heterocycles. The van der Waals surface area contributed by atoms with Crippen LogP contribution in [0.25, 0.3) is 0 Å². The third-order valence-electron chi connectivity index (χ3n) is 5.52. The highest BCUT2D eigenvalue weighted by molar-refractivity contribution is 5.86. The molecule has 1 saturated carbocycles. The van der Waals surface area contributed by atoms with Crippen LogP contribution in [0.4, 0.5) is 5.69 Å². The third kappa shape index (κ3) is 3.26. The van der Waals surface area contributed by atoms with Gasteiger partial charge in [0.2, 0.25) is 5.91 Å². The first-order valence-electron chi connectivity index (χ1n) is 9.14. The van der Waals surface area contributed by atoms with Gasteiger partial charge in [-0.05, 0) is 51.2 Å². The zero-order valence-corrected chi connectivity index (χ0v) is 14.8. The number of nitrogens with one attached hydrogen (secondary N) is 1. The number of carbonyl (C=O) groups is 1. The number of hydrogen-bond acceptors (Lipinski definition) is 3. The number of nitriles is 1. The molecule has 24 heavy (non-hydrogen) atoms. The summed E-state index contributed by atoms with van der Waals surface area (Å²) in [4.78, 5) is 15.0. The molecule has 1 aliphatic carbocycles. The molecule has 2 aliphatic rings. The van der Waals surface area contributed by atoms with Crippen molar-refractivity contribution in [3.63, 3.8) is 0 Å². The summed E-state index contributed by atoms with van der Waals surface area (Å²) in [5, 5.41) is 12.7. The molecule has 0 bridgehead atoms. The van der Waals surface area contributed by atoms with E-state index in [1.165, 1.54) is 16.8 Å². The number of benzene rings is 1. The summed E-state index contributed by atoms with van der Waals surface area (Å²) in [6, 6.07) is 8.60. The van der Waals surface area contributed by atoms with Crippen molar-refractivity contribution in [3.05, 3.63) is 29.3 Å². The monoisotopic (exact) mass is 325 g/mol. The standard InChI is InChI=1S/C20H27N3O/c1-15-8-9-18-17(13-15)7-6-12-23(18)16(2)19(24)22-20(14-21)10-4-3-5-11-20/h8-9,13,16H,3-7,10-12H2,1-2H3,(H,22,24)/t16-/m1/s1. The lowest BCUT2D eigenvalue weighted by molar-refractivity contribution is -0.123. The normalized spacial score (nSPS) is 20.6. The van der Waals surface area contributed by atoms with Gasteiger partial charge >= 0.3 is 0 Å². The first kappa shape index (κ1) is 16.8. The second kappa shape index (κ2) is 6.84. The van der Waals surface area contributed by atoms with E-state index in [1.807, 2.05) is 6.92 Å². The van der Waals surface area contributed by atoms with E-state index in [0.29, 0.717) is 0 Å². The van der Waals surface area contributed by atoms with Crippen LogP contribution in [0.1, 0.15) is 56.6 Å². The third-order valence-corrected chi connectivity index (χ3v) is 5.52. The maximum atomic E-state index is 12.8. The highest BCUT2D eigenvalue weighted by atomic mass is 16.2. The van der Waals surface area contributed by atoms with E-state index in [4.69, 9.17) is 0 Å². The topological polar surface area (TPSA) is 56.1 Å². The van der Waals surface area contributed by atoms with Crippen molar-refractivity contribution >= 4 is 11.6 Å². The average molecular weight is 325 g/mol. The van der Waals surface area contributed by atoms with Gasteiger partial charge < -0.3 is 10.2 Å². The van der Waals surface area contributed by atoms with Crippen molar-refractivity contribution in [2.24, 2.45) is 0 Å². The van der Waals surface area contributed by atoms with Crippen LogP contribution in [0, 0.1) is 18.3 Å². The number of rotatable bonds is 3. The number of aryl methyl sites for hydroxylation is 2. The minimum absolute atomic E-state index is 0.0214. The quantitative estimate of drug-likeness (QED) is 0.925. The molecule has 0 unspecified atom stereocenters. The lowest BCUT2D eigenvalue weighted by atomic mass is 9.82. The van der Waals surface area contributed by atoms with Gasteiger partial charge in [0.1, 0.15) is 11.6 Å². The molecule has 4 nitrogen and oxygen atoms in total. The molecule has 1 aromatic rings. The fraction of sp³-hybridized carbons (Fsp3) is 0.600. The SMILES string of the molecule is Cc1ccc2c(c1)CCCN2[C@H](C)C(=O)NC1(C#N)CCCCC1. The molecule has 1 heterocycles. The van der Waals surface area contributed by atoms with Crippen LogP contribution in [-0.4, -0.2) is 24.0 Å².